The molecule has 4 rings (SSSR count). The monoisotopic (exact) mass is 297 g/mol. The van der Waals surface area contributed by atoms with Crippen molar-refractivity contribution in [3.63, 3.8) is 0 Å². The topological polar surface area (TPSA) is 76.5 Å². The van der Waals surface area contributed by atoms with Crippen molar-refractivity contribution in [1.82, 2.24) is 24.4 Å². The van der Waals surface area contributed by atoms with E-state index in [1.807, 2.05) is 27.6 Å². The van der Waals surface area contributed by atoms with Gasteiger partial charge in [0, 0.05) is 12.7 Å². The van der Waals surface area contributed by atoms with Crippen LogP contribution < -0.4 is 0 Å². The molecule has 1 saturated heterocycles. The van der Waals surface area contributed by atoms with Gasteiger partial charge in [0.1, 0.15) is 6.04 Å². The highest BCUT2D eigenvalue weighted by Crippen LogP contribution is 2.30. The van der Waals surface area contributed by atoms with Crippen LogP contribution in [0.2, 0.25) is 0 Å². The second-order valence-electron chi connectivity index (χ2n) is 5.43. The number of hydrogen-bond acceptors (Lipinski definition) is 5. The van der Waals surface area contributed by atoms with Crippen LogP contribution in [0.1, 0.15) is 41.6 Å². The Morgan fingerprint density at radius 1 is 1.32 bits per heavy atom. The van der Waals surface area contributed by atoms with Gasteiger partial charge in [0.05, 0.1) is 23.6 Å². The maximum atomic E-state index is 12.9. The Morgan fingerprint density at radius 3 is 3.14 bits per heavy atom. The van der Waals surface area contributed by atoms with E-state index in [-0.39, 0.29) is 11.9 Å². The standard InChI is InChI=1S/C15H15N5O2/c21-15(11-4-5-12-7-16-10-19(12)8-11)20-6-2-1-3-13(20)14-17-9-18-22-14/h4-5,7-10,13H,1-3,6H2. The van der Waals surface area contributed by atoms with Crippen molar-refractivity contribution in [2.75, 3.05) is 6.54 Å². The number of pyridine rings is 1. The van der Waals surface area contributed by atoms with E-state index in [1.54, 1.807) is 12.5 Å². The number of aromatic nitrogens is 4. The fraction of sp³-hybridized carbons (Fsp3) is 0.333. The average molecular weight is 297 g/mol. The number of nitrogens with zero attached hydrogens (tertiary/aromatic N) is 5. The van der Waals surface area contributed by atoms with E-state index in [0.717, 1.165) is 24.8 Å². The number of fused-ring (bicyclic) bond motifs is 1. The summed E-state index contributed by atoms with van der Waals surface area (Å²) in [4.78, 5) is 22.9. The Labute approximate surface area is 126 Å². The molecule has 0 aromatic carbocycles. The van der Waals surface area contributed by atoms with E-state index >= 15 is 0 Å². The van der Waals surface area contributed by atoms with Crippen molar-refractivity contribution in [1.29, 1.82) is 0 Å². The zero-order valence-electron chi connectivity index (χ0n) is 11.9. The van der Waals surface area contributed by atoms with Crippen LogP contribution in [0.3, 0.4) is 0 Å². The molecule has 0 aliphatic carbocycles. The van der Waals surface area contributed by atoms with Crippen LogP contribution in [0, 0.1) is 0 Å². The van der Waals surface area contributed by atoms with Gasteiger partial charge in [-0.1, -0.05) is 5.16 Å². The summed E-state index contributed by atoms with van der Waals surface area (Å²) < 4.78 is 7.02. The van der Waals surface area contributed by atoms with Gasteiger partial charge in [-0.15, -0.1) is 0 Å². The number of carbonyl (C=O) groups is 1. The highest BCUT2D eigenvalue weighted by Gasteiger charge is 2.32. The van der Waals surface area contributed by atoms with Gasteiger partial charge in [0.25, 0.3) is 5.91 Å². The molecule has 3 aromatic rings. The molecule has 0 bridgehead atoms. The molecule has 3 aromatic heterocycles. The third-order valence-corrected chi connectivity index (χ3v) is 4.08. The second kappa shape index (κ2) is 5.25. The summed E-state index contributed by atoms with van der Waals surface area (Å²) in [5.74, 6) is 0.496. The number of amides is 1. The zero-order valence-corrected chi connectivity index (χ0v) is 11.9. The van der Waals surface area contributed by atoms with Gasteiger partial charge in [-0.25, -0.2) is 4.98 Å². The zero-order chi connectivity index (χ0) is 14.9. The summed E-state index contributed by atoms with van der Waals surface area (Å²) in [6.45, 7) is 0.702. The van der Waals surface area contributed by atoms with Crippen molar-refractivity contribution < 1.29 is 9.32 Å². The lowest BCUT2D eigenvalue weighted by atomic mass is 10.0. The third kappa shape index (κ3) is 2.14. The second-order valence-corrected chi connectivity index (χ2v) is 5.43. The van der Waals surface area contributed by atoms with Crippen molar-refractivity contribution in [2.45, 2.75) is 25.3 Å². The van der Waals surface area contributed by atoms with Crippen molar-refractivity contribution in [2.24, 2.45) is 0 Å². The predicted octanol–water partition coefficient (Wildman–Crippen LogP) is 2.08. The van der Waals surface area contributed by atoms with E-state index in [1.165, 1.54) is 6.33 Å². The highest BCUT2D eigenvalue weighted by molar-refractivity contribution is 5.94. The van der Waals surface area contributed by atoms with Gasteiger partial charge in [0.15, 0.2) is 6.33 Å². The van der Waals surface area contributed by atoms with Crippen LogP contribution >= 0.6 is 0 Å². The summed E-state index contributed by atoms with van der Waals surface area (Å²) in [6.07, 6.45) is 9.53. The van der Waals surface area contributed by atoms with Crippen LogP contribution in [-0.2, 0) is 0 Å². The summed E-state index contributed by atoms with van der Waals surface area (Å²) in [5.41, 5.74) is 1.60. The first-order valence-electron chi connectivity index (χ1n) is 7.32. The smallest absolute Gasteiger partial charge is 0.256 e. The fourth-order valence-corrected chi connectivity index (χ4v) is 2.97. The molecule has 22 heavy (non-hydrogen) atoms. The van der Waals surface area contributed by atoms with Crippen LogP contribution in [0.25, 0.3) is 5.52 Å². The normalized spacial score (nSPS) is 18.7. The highest BCUT2D eigenvalue weighted by atomic mass is 16.5. The minimum absolute atomic E-state index is 0.0153. The molecule has 4 heterocycles. The molecule has 1 fully saturated rings. The number of imidazole rings is 1. The number of hydrogen-bond donors (Lipinski definition) is 0. The minimum Gasteiger partial charge on any atom is -0.337 e. The average Bonchev–Trinajstić information content (AvgIpc) is 3.24. The lowest BCUT2D eigenvalue weighted by molar-refractivity contribution is 0.0561. The molecule has 0 saturated carbocycles. The first-order valence-corrected chi connectivity index (χ1v) is 7.32. The molecule has 0 N–H and O–H groups in total. The molecule has 1 amide bonds. The molecule has 0 spiro atoms. The number of piperidine rings is 1. The van der Waals surface area contributed by atoms with Gasteiger partial charge in [-0.05, 0) is 31.4 Å². The van der Waals surface area contributed by atoms with E-state index < -0.39 is 0 Å². The first kappa shape index (κ1) is 13.0. The van der Waals surface area contributed by atoms with Gasteiger partial charge in [-0.2, -0.15) is 4.98 Å². The Bertz CT molecular complexity index is 795. The summed E-state index contributed by atoms with van der Waals surface area (Å²) >= 11 is 0. The SMILES string of the molecule is O=C(c1ccc2cncn2c1)N1CCCCC1c1ncno1. The van der Waals surface area contributed by atoms with Crippen molar-refractivity contribution in [3.8, 4) is 0 Å². The van der Waals surface area contributed by atoms with E-state index in [2.05, 4.69) is 15.1 Å². The number of carbonyl (C=O) groups excluding carboxylic acids is 1. The van der Waals surface area contributed by atoms with Gasteiger partial charge in [0.2, 0.25) is 5.89 Å². The van der Waals surface area contributed by atoms with Crippen molar-refractivity contribution in [3.05, 3.63) is 48.6 Å². The minimum atomic E-state index is -0.137. The summed E-state index contributed by atoms with van der Waals surface area (Å²) in [6, 6.07) is 3.59. The quantitative estimate of drug-likeness (QED) is 0.724. The van der Waals surface area contributed by atoms with Crippen LogP contribution in [0.15, 0.2) is 41.7 Å². The maximum Gasteiger partial charge on any atom is 0.256 e. The largest absolute Gasteiger partial charge is 0.337 e. The van der Waals surface area contributed by atoms with E-state index in [4.69, 9.17) is 4.52 Å². The third-order valence-electron chi connectivity index (χ3n) is 4.08. The molecule has 1 aliphatic rings. The van der Waals surface area contributed by atoms with Crippen LogP contribution in [-0.4, -0.2) is 36.9 Å². The Kier molecular flexibility index (Phi) is 3.10. The number of likely N-dealkylation sites (tertiary alicyclic amines) is 1. The molecule has 1 atom stereocenters. The van der Waals surface area contributed by atoms with E-state index in [0.29, 0.717) is 18.0 Å². The molecular weight excluding hydrogens is 282 g/mol. The lowest BCUT2D eigenvalue weighted by Crippen LogP contribution is -2.38. The fourth-order valence-electron chi connectivity index (χ4n) is 2.97. The molecule has 1 unspecified atom stereocenters. The van der Waals surface area contributed by atoms with Crippen molar-refractivity contribution >= 4 is 11.4 Å². The number of rotatable bonds is 2. The van der Waals surface area contributed by atoms with E-state index in [9.17, 15) is 4.79 Å². The van der Waals surface area contributed by atoms with Crippen LogP contribution in [0.4, 0.5) is 0 Å². The lowest BCUT2D eigenvalue weighted by Gasteiger charge is -2.33. The van der Waals surface area contributed by atoms with Gasteiger partial charge < -0.3 is 13.8 Å². The molecule has 112 valence electrons. The molecular formula is C15H15N5O2. The maximum absolute atomic E-state index is 12.9. The Morgan fingerprint density at radius 2 is 2.27 bits per heavy atom. The molecule has 7 nitrogen and oxygen atoms in total. The molecule has 7 heteroatoms. The van der Waals surface area contributed by atoms with Gasteiger partial charge >= 0.3 is 0 Å². The Balaban J connectivity index is 1.67. The van der Waals surface area contributed by atoms with Crippen LogP contribution in [0.5, 0.6) is 0 Å². The Hall–Kier alpha value is -2.70. The molecule has 0 radical (unpaired) electrons. The van der Waals surface area contributed by atoms with Gasteiger partial charge in [-0.3, -0.25) is 4.79 Å². The first-order chi connectivity index (χ1) is 10.8. The molecule has 1 aliphatic heterocycles. The predicted molar refractivity (Wildman–Crippen MR) is 77.1 cm³/mol. The summed E-state index contributed by atoms with van der Waals surface area (Å²) in [5, 5.41) is 3.66. The summed E-state index contributed by atoms with van der Waals surface area (Å²) in [7, 11) is 0.